The Morgan fingerprint density at radius 2 is 2.22 bits per heavy atom. The number of rotatable bonds is 3. The summed E-state index contributed by atoms with van der Waals surface area (Å²) in [6.45, 7) is -0.375. The second-order valence-corrected chi connectivity index (χ2v) is 4.01. The van der Waals surface area contributed by atoms with Crippen molar-refractivity contribution in [2.45, 2.75) is 24.4 Å². The average Bonchev–Trinajstić information content (AvgIpc) is 2.38. The summed E-state index contributed by atoms with van der Waals surface area (Å²) in [5, 5.41) is 31.0. The second kappa shape index (κ2) is 5.53. The van der Waals surface area contributed by atoms with Crippen molar-refractivity contribution < 1.29 is 24.4 Å². The van der Waals surface area contributed by atoms with E-state index in [0.29, 0.717) is 0 Å². The molecule has 8 heteroatoms. The van der Waals surface area contributed by atoms with Gasteiger partial charge in [-0.1, -0.05) is 0 Å². The number of hydrogen-bond acceptors (Lipinski definition) is 7. The van der Waals surface area contributed by atoms with E-state index in [1.807, 2.05) is 0 Å². The number of nitrogens with one attached hydrogen (secondary N) is 1. The van der Waals surface area contributed by atoms with Crippen LogP contribution < -0.4 is 5.32 Å². The van der Waals surface area contributed by atoms with Crippen molar-refractivity contribution in [3.63, 3.8) is 0 Å². The predicted octanol–water partition coefficient (Wildman–Crippen LogP) is -1.49. The van der Waals surface area contributed by atoms with Gasteiger partial charge in [-0.15, -0.1) is 0 Å². The van der Waals surface area contributed by atoms with E-state index in [1.165, 1.54) is 0 Å². The first-order valence-electron chi connectivity index (χ1n) is 5.44. The fourth-order valence-electron chi connectivity index (χ4n) is 1.76. The zero-order valence-electron chi connectivity index (χ0n) is 9.40. The molecular weight excluding hydrogens is 245 g/mol. The molecule has 7 nitrogen and oxygen atoms in total. The van der Waals surface area contributed by atoms with Gasteiger partial charge in [-0.3, -0.25) is 0 Å². The van der Waals surface area contributed by atoms with Crippen LogP contribution >= 0.6 is 0 Å². The third-order valence-corrected chi connectivity index (χ3v) is 2.80. The summed E-state index contributed by atoms with van der Waals surface area (Å²) < 4.78 is 18.4. The van der Waals surface area contributed by atoms with Crippen molar-refractivity contribution in [2.75, 3.05) is 18.5 Å². The molecule has 4 atom stereocenters. The molecule has 0 amide bonds. The van der Waals surface area contributed by atoms with E-state index >= 15 is 0 Å². The number of nitrogens with zero attached hydrogens (tertiary/aromatic N) is 2. The SMILES string of the molecule is OC[C@H]1OC[C@@H](Nc2ncncc2F)[C@@H](O)[C@H]1O. The van der Waals surface area contributed by atoms with Crippen LogP contribution in [0.1, 0.15) is 0 Å². The van der Waals surface area contributed by atoms with Crippen LogP contribution in [0.3, 0.4) is 0 Å². The molecule has 0 saturated carbocycles. The minimum atomic E-state index is -1.24. The average molecular weight is 259 g/mol. The predicted molar refractivity (Wildman–Crippen MR) is 58.2 cm³/mol. The van der Waals surface area contributed by atoms with Gasteiger partial charge >= 0.3 is 0 Å². The lowest BCUT2D eigenvalue weighted by molar-refractivity contribution is -0.152. The molecule has 1 aliphatic rings. The standard InChI is InChI=1S/C10H14FN3O4/c11-5-1-12-4-13-10(5)14-6-3-18-7(2-15)9(17)8(6)16/h1,4,6-9,15-17H,2-3H2,(H,12,13,14)/t6-,7-,8-,9+/m1/s1. The van der Waals surface area contributed by atoms with E-state index in [4.69, 9.17) is 9.84 Å². The Balaban J connectivity index is 2.05. The van der Waals surface area contributed by atoms with Gasteiger partial charge in [0, 0.05) is 0 Å². The lowest BCUT2D eigenvalue weighted by atomic mass is 9.98. The third kappa shape index (κ3) is 2.56. The van der Waals surface area contributed by atoms with Crippen LogP contribution in [0.5, 0.6) is 0 Å². The van der Waals surface area contributed by atoms with Crippen LogP contribution in [0, 0.1) is 5.82 Å². The molecule has 0 bridgehead atoms. The highest BCUT2D eigenvalue weighted by atomic mass is 19.1. The molecule has 100 valence electrons. The van der Waals surface area contributed by atoms with E-state index in [2.05, 4.69) is 15.3 Å². The molecule has 1 fully saturated rings. The summed E-state index contributed by atoms with van der Waals surface area (Å²) in [5.74, 6) is -0.740. The number of aliphatic hydroxyl groups excluding tert-OH is 3. The number of aliphatic hydroxyl groups is 3. The van der Waals surface area contributed by atoms with Crippen LogP contribution in [-0.4, -0.2) is 62.9 Å². The second-order valence-electron chi connectivity index (χ2n) is 4.01. The van der Waals surface area contributed by atoms with Gasteiger partial charge in [0.25, 0.3) is 0 Å². The normalized spacial score (nSPS) is 32.2. The molecule has 1 aromatic heterocycles. The Morgan fingerprint density at radius 3 is 2.89 bits per heavy atom. The molecule has 1 saturated heterocycles. The van der Waals surface area contributed by atoms with Gasteiger partial charge in [-0.2, -0.15) is 0 Å². The van der Waals surface area contributed by atoms with Gasteiger partial charge in [0.1, 0.15) is 24.6 Å². The Morgan fingerprint density at radius 1 is 1.44 bits per heavy atom. The Kier molecular flexibility index (Phi) is 4.02. The minimum Gasteiger partial charge on any atom is -0.394 e. The van der Waals surface area contributed by atoms with E-state index in [0.717, 1.165) is 12.5 Å². The molecule has 1 aliphatic heterocycles. The maximum Gasteiger partial charge on any atom is 0.183 e. The molecule has 2 heterocycles. The van der Waals surface area contributed by atoms with Crippen LogP contribution in [0.2, 0.25) is 0 Å². The Hall–Kier alpha value is -1.35. The van der Waals surface area contributed by atoms with E-state index in [9.17, 15) is 14.6 Å². The number of ether oxygens (including phenoxy) is 1. The summed E-state index contributed by atoms with van der Waals surface area (Å²) in [4.78, 5) is 7.17. The lowest BCUT2D eigenvalue weighted by Crippen LogP contribution is -2.56. The molecule has 2 rings (SSSR count). The third-order valence-electron chi connectivity index (χ3n) is 2.80. The van der Waals surface area contributed by atoms with Crippen LogP contribution in [-0.2, 0) is 4.74 Å². The van der Waals surface area contributed by atoms with Gasteiger partial charge < -0.3 is 25.4 Å². The van der Waals surface area contributed by atoms with Gasteiger partial charge in [0.2, 0.25) is 0 Å². The van der Waals surface area contributed by atoms with Crippen LogP contribution in [0.4, 0.5) is 10.2 Å². The summed E-state index contributed by atoms with van der Waals surface area (Å²) in [7, 11) is 0. The van der Waals surface area contributed by atoms with Gasteiger partial charge in [-0.05, 0) is 0 Å². The molecular formula is C10H14FN3O4. The van der Waals surface area contributed by atoms with E-state index < -0.39 is 36.8 Å². The fraction of sp³-hybridized carbons (Fsp3) is 0.600. The smallest absolute Gasteiger partial charge is 0.183 e. The largest absolute Gasteiger partial charge is 0.394 e. The van der Waals surface area contributed by atoms with Crippen molar-refractivity contribution in [1.82, 2.24) is 9.97 Å². The first kappa shape index (κ1) is 13.1. The summed E-state index contributed by atoms with van der Waals surface area (Å²) in [6, 6.07) is -0.716. The minimum absolute atomic E-state index is 0.0207. The van der Waals surface area contributed by atoms with E-state index in [1.54, 1.807) is 0 Å². The van der Waals surface area contributed by atoms with Crippen LogP contribution in [0.25, 0.3) is 0 Å². The zero-order valence-corrected chi connectivity index (χ0v) is 9.40. The van der Waals surface area contributed by atoms with Gasteiger partial charge in [-0.25, -0.2) is 14.4 Å². The van der Waals surface area contributed by atoms with Crippen molar-refractivity contribution in [3.05, 3.63) is 18.3 Å². The van der Waals surface area contributed by atoms with Crippen LogP contribution in [0.15, 0.2) is 12.5 Å². The molecule has 0 unspecified atom stereocenters. The topological polar surface area (TPSA) is 108 Å². The first-order chi connectivity index (χ1) is 8.63. The molecule has 0 aromatic carbocycles. The molecule has 0 spiro atoms. The van der Waals surface area contributed by atoms with Crippen molar-refractivity contribution in [2.24, 2.45) is 0 Å². The highest BCUT2D eigenvalue weighted by molar-refractivity contribution is 5.36. The quantitative estimate of drug-likeness (QED) is 0.523. The number of aromatic nitrogens is 2. The Labute approximate surface area is 102 Å². The number of hydrogen-bond donors (Lipinski definition) is 4. The molecule has 18 heavy (non-hydrogen) atoms. The zero-order chi connectivity index (χ0) is 13.1. The highest BCUT2D eigenvalue weighted by Gasteiger charge is 2.38. The first-order valence-corrected chi connectivity index (χ1v) is 5.44. The highest BCUT2D eigenvalue weighted by Crippen LogP contribution is 2.19. The Bertz CT molecular complexity index is 408. The summed E-state index contributed by atoms with van der Waals surface area (Å²) in [6.07, 6.45) is -1.13. The van der Waals surface area contributed by atoms with Crippen molar-refractivity contribution >= 4 is 5.82 Å². The van der Waals surface area contributed by atoms with Gasteiger partial charge in [0.15, 0.2) is 11.6 Å². The summed E-state index contributed by atoms with van der Waals surface area (Å²) in [5.41, 5.74) is 0. The van der Waals surface area contributed by atoms with Crippen molar-refractivity contribution in [3.8, 4) is 0 Å². The lowest BCUT2D eigenvalue weighted by Gasteiger charge is -2.37. The number of halogens is 1. The maximum atomic E-state index is 13.3. The molecule has 4 N–H and O–H groups in total. The molecule has 0 aliphatic carbocycles. The monoisotopic (exact) mass is 259 g/mol. The van der Waals surface area contributed by atoms with Gasteiger partial charge in [0.05, 0.1) is 25.5 Å². The molecule has 0 radical (unpaired) electrons. The van der Waals surface area contributed by atoms with E-state index in [-0.39, 0.29) is 12.4 Å². The number of anilines is 1. The fourth-order valence-corrected chi connectivity index (χ4v) is 1.76. The van der Waals surface area contributed by atoms with Crippen molar-refractivity contribution in [1.29, 1.82) is 0 Å². The molecule has 1 aromatic rings. The summed E-state index contributed by atoms with van der Waals surface area (Å²) >= 11 is 0. The maximum absolute atomic E-state index is 13.3.